The number of ether oxygens (including phenoxy) is 4. The number of amides is 3. The molecule has 0 saturated carbocycles. The van der Waals surface area contributed by atoms with E-state index in [1.54, 1.807) is 0 Å². The lowest BCUT2D eigenvalue weighted by Gasteiger charge is -2.19. The summed E-state index contributed by atoms with van der Waals surface area (Å²) < 4.78 is 21.5. The van der Waals surface area contributed by atoms with Crippen LogP contribution in [0, 0.1) is 0 Å². The van der Waals surface area contributed by atoms with Gasteiger partial charge in [0.25, 0.3) is 0 Å². The van der Waals surface area contributed by atoms with Gasteiger partial charge in [-0.2, -0.15) is 0 Å². The van der Waals surface area contributed by atoms with Crippen molar-refractivity contribution in [2.24, 2.45) is 5.73 Å². The molecule has 13 heteroatoms. The van der Waals surface area contributed by atoms with Gasteiger partial charge >= 0.3 is 5.97 Å². The summed E-state index contributed by atoms with van der Waals surface area (Å²) >= 11 is 0. The molecule has 0 aromatic carbocycles. The van der Waals surface area contributed by atoms with E-state index in [1.807, 2.05) is 6.92 Å². The van der Waals surface area contributed by atoms with Gasteiger partial charge in [0.2, 0.25) is 17.7 Å². The van der Waals surface area contributed by atoms with Crippen molar-refractivity contribution in [1.29, 1.82) is 0 Å². The quantitative estimate of drug-likeness (QED) is 0.0651. The van der Waals surface area contributed by atoms with Crippen LogP contribution >= 0.6 is 0 Å². The average molecular weight is 647 g/mol. The van der Waals surface area contributed by atoms with Crippen LogP contribution in [0.4, 0.5) is 0 Å². The van der Waals surface area contributed by atoms with Gasteiger partial charge in [-0.3, -0.25) is 19.2 Å². The summed E-state index contributed by atoms with van der Waals surface area (Å²) in [6, 6.07) is -0.279. The lowest BCUT2D eigenvalue weighted by Crippen LogP contribution is -2.37. The summed E-state index contributed by atoms with van der Waals surface area (Å²) in [6.45, 7) is 7.16. The van der Waals surface area contributed by atoms with Gasteiger partial charge in [0.1, 0.15) is 0 Å². The van der Waals surface area contributed by atoms with Crippen molar-refractivity contribution < 1.29 is 43.2 Å². The van der Waals surface area contributed by atoms with E-state index < -0.39 is 5.97 Å². The SMILES string of the molecule is CCCOCCNC(=O)CCC(CCC(=O)NCCOCCOCCOCCN)NC(=O)CCCCCCCCCCC(=O)O. The highest BCUT2D eigenvalue weighted by molar-refractivity contribution is 5.78. The molecule has 0 bridgehead atoms. The van der Waals surface area contributed by atoms with Crippen LogP contribution in [-0.2, 0) is 38.1 Å². The van der Waals surface area contributed by atoms with E-state index in [1.165, 1.54) is 0 Å². The van der Waals surface area contributed by atoms with E-state index in [4.69, 9.17) is 29.8 Å². The number of unbranched alkanes of at least 4 members (excludes halogenated alkanes) is 7. The molecule has 45 heavy (non-hydrogen) atoms. The maximum atomic E-state index is 12.6. The average Bonchev–Trinajstić information content (AvgIpc) is 3.01. The number of rotatable bonds is 34. The highest BCUT2D eigenvalue weighted by atomic mass is 16.5. The third kappa shape index (κ3) is 32.9. The number of aliphatic carboxylic acids is 1. The van der Waals surface area contributed by atoms with Crippen LogP contribution in [0.3, 0.4) is 0 Å². The molecule has 1 atom stereocenters. The molecule has 3 amide bonds. The Morgan fingerprint density at radius 3 is 1.51 bits per heavy atom. The fourth-order valence-corrected chi connectivity index (χ4v) is 4.40. The summed E-state index contributed by atoms with van der Waals surface area (Å²) in [7, 11) is 0. The Hall–Kier alpha value is -2.32. The number of nitrogens with one attached hydrogen (secondary N) is 3. The van der Waals surface area contributed by atoms with E-state index in [2.05, 4.69) is 16.0 Å². The van der Waals surface area contributed by atoms with Crippen molar-refractivity contribution in [2.75, 3.05) is 72.5 Å². The summed E-state index contributed by atoms with van der Waals surface area (Å²) in [5, 5.41) is 17.4. The molecule has 0 spiro atoms. The molecular weight excluding hydrogens is 584 g/mol. The minimum atomic E-state index is -0.740. The summed E-state index contributed by atoms with van der Waals surface area (Å²) in [5.41, 5.74) is 5.35. The van der Waals surface area contributed by atoms with Gasteiger partial charge in [0.05, 0.1) is 46.2 Å². The first-order valence-corrected chi connectivity index (χ1v) is 16.9. The summed E-state index contributed by atoms with van der Waals surface area (Å²) in [4.78, 5) is 47.9. The fraction of sp³-hybridized carbons (Fsp3) is 0.875. The molecule has 0 aromatic rings. The summed E-state index contributed by atoms with van der Waals surface area (Å²) in [5.74, 6) is -1.04. The first-order valence-electron chi connectivity index (χ1n) is 16.9. The minimum Gasteiger partial charge on any atom is -0.481 e. The molecule has 0 aliphatic carbocycles. The number of carbonyl (C=O) groups is 4. The zero-order chi connectivity index (χ0) is 33.2. The van der Waals surface area contributed by atoms with Crippen LogP contribution in [0.25, 0.3) is 0 Å². The molecule has 0 aliphatic rings. The number of carboxylic acid groups (broad SMARTS) is 1. The van der Waals surface area contributed by atoms with E-state index in [9.17, 15) is 19.2 Å². The van der Waals surface area contributed by atoms with E-state index in [-0.39, 0.29) is 43.0 Å². The second kappa shape index (κ2) is 33.1. The standard InChI is InChI=1S/C32H62N4O9/c1-2-20-42-22-18-34-29(37)15-13-28(36-31(39)11-9-7-5-3-4-6-8-10-12-32(40)41)14-16-30(38)35-19-23-44-25-27-45-26-24-43-21-17-33/h28H,2-27,33H2,1H3,(H,34,37)(H,35,38)(H,36,39)(H,40,41). The van der Waals surface area contributed by atoms with Crippen LogP contribution in [0.15, 0.2) is 0 Å². The number of hydrogen-bond donors (Lipinski definition) is 5. The van der Waals surface area contributed by atoms with Crippen molar-refractivity contribution in [3.8, 4) is 0 Å². The van der Waals surface area contributed by atoms with Gasteiger partial charge in [0.15, 0.2) is 0 Å². The predicted octanol–water partition coefficient (Wildman–Crippen LogP) is 2.68. The van der Waals surface area contributed by atoms with Crippen LogP contribution in [0.5, 0.6) is 0 Å². The van der Waals surface area contributed by atoms with Crippen molar-refractivity contribution in [1.82, 2.24) is 16.0 Å². The monoisotopic (exact) mass is 646 g/mol. The van der Waals surface area contributed by atoms with Crippen LogP contribution in [0.1, 0.15) is 103 Å². The van der Waals surface area contributed by atoms with Gasteiger partial charge in [-0.25, -0.2) is 0 Å². The minimum absolute atomic E-state index is 0.0657. The molecule has 13 nitrogen and oxygen atoms in total. The van der Waals surface area contributed by atoms with Gasteiger partial charge in [-0.1, -0.05) is 45.4 Å². The zero-order valence-corrected chi connectivity index (χ0v) is 27.8. The Kier molecular flexibility index (Phi) is 31.4. The predicted molar refractivity (Wildman–Crippen MR) is 173 cm³/mol. The maximum Gasteiger partial charge on any atom is 0.303 e. The van der Waals surface area contributed by atoms with Crippen molar-refractivity contribution in [2.45, 2.75) is 109 Å². The Morgan fingerprint density at radius 1 is 0.578 bits per heavy atom. The van der Waals surface area contributed by atoms with E-state index in [0.717, 1.165) is 57.8 Å². The number of carbonyl (C=O) groups excluding carboxylic acids is 3. The molecule has 264 valence electrons. The molecule has 1 unspecified atom stereocenters. The zero-order valence-electron chi connectivity index (χ0n) is 27.8. The molecule has 6 N–H and O–H groups in total. The third-order valence-corrected chi connectivity index (χ3v) is 6.84. The van der Waals surface area contributed by atoms with Crippen molar-refractivity contribution in [3.63, 3.8) is 0 Å². The van der Waals surface area contributed by atoms with Gasteiger partial charge in [0, 0.05) is 58.0 Å². The van der Waals surface area contributed by atoms with Gasteiger partial charge in [-0.05, 0) is 32.1 Å². The molecule has 0 radical (unpaired) electrons. The van der Waals surface area contributed by atoms with Crippen LogP contribution < -0.4 is 21.7 Å². The van der Waals surface area contributed by atoms with Gasteiger partial charge < -0.3 is 45.7 Å². The summed E-state index contributed by atoms with van der Waals surface area (Å²) in [6.07, 6.45) is 10.6. The molecule has 0 heterocycles. The topological polar surface area (TPSA) is 188 Å². The molecule has 0 aromatic heterocycles. The molecule has 0 rings (SSSR count). The number of carboxylic acids is 1. The van der Waals surface area contributed by atoms with E-state index in [0.29, 0.717) is 91.8 Å². The Bertz CT molecular complexity index is 743. The highest BCUT2D eigenvalue weighted by Gasteiger charge is 2.16. The van der Waals surface area contributed by atoms with Crippen LogP contribution in [0.2, 0.25) is 0 Å². The Morgan fingerprint density at radius 2 is 1.02 bits per heavy atom. The normalized spacial score (nSPS) is 11.7. The Labute approximate surface area is 270 Å². The lowest BCUT2D eigenvalue weighted by atomic mass is 10.0. The lowest BCUT2D eigenvalue weighted by molar-refractivity contribution is -0.137. The highest BCUT2D eigenvalue weighted by Crippen LogP contribution is 2.12. The molecule has 0 aliphatic heterocycles. The number of hydrogen-bond acceptors (Lipinski definition) is 9. The number of nitrogens with two attached hydrogens (primary N) is 1. The van der Waals surface area contributed by atoms with Crippen LogP contribution in [-0.4, -0.2) is 107 Å². The second-order valence-corrected chi connectivity index (χ2v) is 11.0. The molecular formula is C32H62N4O9. The maximum absolute atomic E-state index is 12.6. The fourth-order valence-electron chi connectivity index (χ4n) is 4.40. The largest absolute Gasteiger partial charge is 0.481 e. The van der Waals surface area contributed by atoms with Crippen molar-refractivity contribution >= 4 is 23.7 Å². The first-order chi connectivity index (χ1) is 21.9. The molecule has 0 saturated heterocycles. The smallest absolute Gasteiger partial charge is 0.303 e. The third-order valence-electron chi connectivity index (χ3n) is 6.84. The van der Waals surface area contributed by atoms with E-state index >= 15 is 0 Å². The molecule has 0 fully saturated rings. The Balaban J connectivity index is 4.28. The first kappa shape index (κ1) is 42.7. The van der Waals surface area contributed by atoms with Gasteiger partial charge in [-0.15, -0.1) is 0 Å². The second-order valence-electron chi connectivity index (χ2n) is 11.0. The van der Waals surface area contributed by atoms with Crippen molar-refractivity contribution in [3.05, 3.63) is 0 Å².